The molecule has 0 atom stereocenters. The second-order valence-corrected chi connectivity index (χ2v) is 8.61. The molecule has 0 bridgehead atoms. The maximum absolute atomic E-state index is 12.2. The second kappa shape index (κ2) is 5.05. The zero-order chi connectivity index (χ0) is 14.1. The monoisotopic (exact) mass is 288 g/mol. The first-order valence-electron chi connectivity index (χ1n) is 7.00. The van der Waals surface area contributed by atoms with Gasteiger partial charge in [0.25, 0.3) is 0 Å². The highest BCUT2D eigenvalue weighted by Crippen LogP contribution is 2.46. The first-order chi connectivity index (χ1) is 8.75. The molecular formula is C13H24N2O3S. The molecule has 0 heterocycles. The van der Waals surface area contributed by atoms with Crippen LogP contribution in [0.3, 0.4) is 0 Å². The minimum Gasteiger partial charge on any atom is -0.354 e. The third-order valence-electron chi connectivity index (χ3n) is 4.35. The van der Waals surface area contributed by atoms with Gasteiger partial charge >= 0.3 is 0 Å². The highest BCUT2D eigenvalue weighted by atomic mass is 32.2. The summed E-state index contributed by atoms with van der Waals surface area (Å²) in [5.41, 5.74) is 5.18. The van der Waals surface area contributed by atoms with E-state index in [-0.39, 0.29) is 17.1 Å². The fourth-order valence-electron chi connectivity index (χ4n) is 2.96. The number of nitrogens with one attached hydrogen (secondary N) is 1. The van der Waals surface area contributed by atoms with Crippen molar-refractivity contribution in [2.24, 2.45) is 11.1 Å². The van der Waals surface area contributed by atoms with Crippen LogP contribution in [0.15, 0.2) is 0 Å². The molecule has 2 saturated carbocycles. The van der Waals surface area contributed by atoms with Gasteiger partial charge in [-0.2, -0.15) is 0 Å². The van der Waals surface area contributed by atoms with Gasteiger partial charge in [0.05, 0.1) is 11.3 Å². The van der Waals surface area contributed by atoms with Gasteiger partial charge in [0.1, 0.15) is 9.84 Å². The Morgan fingerprint density at radius 1 is 1.16 bits per heavy atom. The van der Waals surface area contributed by atoms with Crippen molar-refractivity contribution in [3.05, 3.63) is 0 Å². The van der Waals surface area contributed by atoms with E-state index in [4.69, 9.17) is 5.73 Å². The van der Waals surface area contributed by atoms with Crippen LogP contribution < -0.4 is 11.1 Å². The maximum Gasteiger partial charge on any atom is 0.240 e. The lowest BCUT2D eigenvalue weighted by Crippen LogP contribution is -2.56. The minimum absolute atomic E-state index is 0.105. The number of hydrogen-bond acceptors (Lipinski definition) is 4. The predicted molar refractivity (Wildman–Crippen MR) is 74.4 cm³/mol. The van der Waals surface area contributed by atoms with E-state index in [1.54, 1.807) is 0 Å². The third-order valence-corrected chi connectivity index (χ3v) is 5.48. The predicted octanol–water partition coefficient (Wildman–Crippen LogP) is 0.589. The molecule has 0 aromatic rings. The summed E-state index contributed by atoms with van der Waals surface area (Å²) in [4.78, 5) is 12.2. The summed E-state index contributed by atoms with van der Waals surface area (Å²) in [7, 11) is -2.99. The van der Waals surface area contributed by atoms with Crippen LogP contribution in [0.25, 0.3) is 0 Å². The van der Waals surface area contributed by atoms with Gasteiger partial charge < -0.3 is 11.1 Å². The summed E-state index contributed by atoms with van der Waals surface area (Å²) >= 11 is 0. The number of carbonyl (C=O) groups excluding carboxylic acids is 1. The van der Waals surface area contributed by atoms with Crippen molar-refractivity contribution in [2.75, 3.05) is 18.6 Å². The highest BCUT2D eigenvalue weighted by molar-refractivity contribution is 7.90. The van der Waals surface area contributed by atoms with Gasteiger partial charge in [-0.1, -0.05) is 19.3 Å². The van der Waals surface area contributed by atoms with Gasteiger partial charge in [0.2, 0.25) is 5.91 Å². The smallest absolute Gasteiger partial charge is 0.240 e. The maximum atomic E-state index is 12.2. The average molecular weight is 288 g/mol. The molecular weight excluding hydrogens is 264 g/mol. The van der Waals surface area contributed by atoms with E-state index in [2.05, 4.69) is 5.32 Å². The molecule has 2 aliphatic carbocycles. The summed E-state index contributed by atoms with van der Waals surface area (Å²) < 4.78 is 22.7. The topological polar surface area (TPSA) is 89.3 Å². The second-order valence-electron chi connectivity index (χ2n) is 6.47. The van der Waals surface area contributed by atoms with Gasteiger partial charge in [0.15, 0.2) is 0 Å². The van der Waals surface area contributed by atoms with Gasteiger partial charge in [-0.05, 0) is 25.7 Å². The van der Waals surface area contributed by atoms with Crippen molar-refractivity contribution in [3.63, 3.8) is 0 Å². The number of hydrogen-bond donors (Lipinski definition) is 2. The van der Waals surface area contributed by atoms with Crippen molar-refractivity contribution in [1.29, 1.82) is 0 Å². The number of sulfone groups is 1. The zero-order valence-corrected chi connectivity index (χ0v) is 12.4. The Balaban J connectivity index is 1.87. The lowest BCUT2D eigenvalue weighted by Gasteiger charge is -2.32. The summed E-state index contributed by atoms with van der Waals surface area (Å²) in [5, 5.41) is 2.89. The van der Waals surface area contributed by atoms with Crippen molar-refractivity contribution < 1.29 is 13.2 Å². The molecule has 5 nitrogen and oxygen atoms in total. The Morgan fingerprint density at radius 3 is 2.21 bits per heavy atom. The molecule has 2 rings (SSSR count). The first-order valence-corrected chi connectivity index (χ1v) is 9.06. The molecule has 19 heavy (non-hydrogen) atoms. The fourth-order valence-corrected chi connectivity index (χ4v) is 4.46. The van der Waals surface area contributed by atoms with Crippen molar-refractivity contribution in [3.8, 4) is 0 Å². The normalized spacial score (nSPS) is 24.7. The lowest BCUT2D eigenvalue weighted by atomic mass is 9.82. The van der Waals surface area contributed by atoms with Crippen LogP contribution in [0.1, 0.15) is 44.9 Å². The third kappa shape index (κ3) is 3.92. The van der Waals surface area contributed by atoms with E-state index in [9.17, 15) is 13.2 Å². The molecule has 6 heteroatoms. The molecule has 0 unspecified atom stereocenters. The quantitative estimate of drug-likeness (QED) is 0.775. The van der Waals surface area contributed by atoms with E-state index in [1.807, 2.05) is 0 Å². The lowest BCUT2D eigenvalue weighted by molar-refractivity contribution is -0.127. The van der Waals surface area contributed by atoms with Crippen LogP contribution >= 0.6 is 0 Å². The van der Waals surface area contributed by atoms with Crippen molar-refractivity contribution in [1.82, 2.24) is 5.32 Å². The van der Waals surface area contributed by atoms with Gasteiger partial charge in [-0.3, -0.25) is 4.79 Å². The molecule has 0 aromatic carbocycles. The molecule has 0 aromatic heterocycles. The summed E-state index contributed by atoms with van der Waals surface area (Å²) in [6, 6.07) is 0. The minimum atomic E-state index is -2.99. The van der Waals surface area contributed by atoms with Crippen molar-refractivity contribution in [2.45, 2.75) is 50.5 Å². The Kier molecular flexibility index (Phi) is 3.93. The molecule has 110 valence electrons. The SMILES string of the molecule is CS(=O)(=O)CC1(CNC(=O)C2(N)CCCCC2)CC1. The average Bonchev–Trinajstić information content (AvgIpc) is 3.05. The Morgan fingerprint density at radius 2 is 1.74 bits per heavy atom. The van der Waals surface area contributed by atoms with E-state index in [0.29, 0.717) is 6.54 Å². The largest absolute Gasteiger partial charge is 0.354 e. The van der Waals surface area contributed by atoms with Crippen LogP contribution in [-0.4, -0.2) is 38.4 Å². The van der Waals surface area contributed by atoms with Gasteiger partial charge in [-0.15, -0.1) is 0 Å². The first kappa shape index (κ1) is 14.8. The van der Waals surface area contributed by atoms with E-state index >= 15 is 0 Å². The molecule has 0 radical (unpaired) electrons. The van der Waals surface area contributed by atoms with E-state index in [0.717, 1.165) is 44.9 Å². The summed E-state index contributed by atoms with van der Waals surface area (Å²) in [6.07, 6.45) is 7.60. The molecule has 2 fully saturated rings. The molecule has 2 aliphatic rings. The molecule has 0 spiro atoms. The highest BCUT2D eigenvalue weighted by Gasteiger charge is 2.46. The van der Waals surface area contributed by atoms with Crippen molar-refractivity contribution >= 4 is 15.7 Å². The Bertz CT molecular complexity index is 449. The van der Waals surface area contributed by atoms with Crippen LogP contribution in [0.4, 0.5) is 0 Å². The van der Waals surface area contributed by atoms with Crippen LogP contribution in [0.5, 0.6) is 0 Å². The fraction of sp³-hybridized carbons (Fsp3) is 0.923. The zero-order valence-electron chi connectivity index (χ0n) is 11.6. The van der Waals surface area contributed by atoms with Gasteiger partial charge in [-0.25, -0.2) is 8.42 Å². The molecule has 1 amide bonds. The van der Waals surface area contributed by atoms with Crippen LogP contribution in [0, 0.1) is 5.41 Å². The summed E-state index contributed by atoms with van der Waals surface area (Å²) in [5.74, 6) is 0.0599. The Hall–Kier alpha value is -0.620. The number of amides is 1. The van der Waals surface area contributed by atoms with Crippen LogP contribution in [-0.2, 0) is 14.6 Å². The van der Waals surface area contributed by atoms with Gasteiger partial charge in [0, 0.05) is 18.2 Å². The summed E-state index contributed by atoms with van der Waals surface area (Å²) in [6.45, 7) is 0.442. The number of nitrogens with two attached hydrogens (primary N) is 1. The number of carbonyl (C=O) groups is 1. The number of rotatable bonds is 5. The molecule has 0 saturated heterocycles. The van der Waals surface area contributed by atoms with E-state index < -0.39 is 15.4 Å². The Labute approximate surface area is 115 Å². The molecule has 3 N–H and O–H groups in total. The van der Waals surface area contributed by atoms with E-state index in [1.165, 1.54) is 6.26 Å². The van der Waals surface area contributed by atoms with Crippen LogP contribution in [0.2, 0.25) is 0 Å². The molecule has 0 aliphatic heterocycles. The standard InChI is InChI=1S/C13H24N2O3S/c1-19(17,18)10-12(7-8-12)9-15-11(16)13(14)5-3-2-4-6-13/h2-10,14H2,1H3,(H,15,16).